The zero-order chi connectivity index (χ0) is 23.6. The molecule has 7 nitrogen and oxygen atoms in total. The highest BCUT2D eigenvalue weighted by Gasteiger charge is 2.32. The number of piperazine rings is 1. The summed E-state index contributed by atoms with van der Waals surface area (Å²) in [6, 6.07) is 15.0. The largest absolute Gasteiger partial charge is 0.573 e. The van der Waals surface area contributed by atoms with Crippen LogP contribution in [0.1, 0.15) is 0 Å². The van der Waals surface area contributed by atoms with Crippen molar-refractivity contribution in [2.75, 3.05) is 31.1 Å². The van der Waals surface area contributed by atoms with Gasteiger partial charge in [-0.05, 0) is 48.5 Å². The molecular weight excluding hydrogens is 481 g/mol. The molecule has 174 valence electrons. The Bertz CT molecular complexity index is 1200. The van der Waals surface area contributed by atoms with E-state index in [1.54, 1.807) is 12.1 Å². The number of ether oxygens (including phenoxy) is 1. The summed E-state index contributed by atoms with van der Waals surface area (Å²) in [7, 11) is -3.85. The molecule has 0 unspecified atom stereocenters. The Morgan fingerprint density at radius 3 is 2.03 bits per heavy atom. The third-order valence-electron chi connectivity index (χ3n) is 5.05. The summed E-state index contributed by atoms with van der Waals surface area (Å²) in [4.78, 5) is 1.82. The SMILES string of the molecule is O=S(=O)(c1ccc(OC(F)(F)F)cc1)N1CCN(c2ccc(-c3ccc(Cl)cc3)nn2)CC1. The van der Waals surface area contributed by atoms with Crippen LogP contribution < -0.4 is 9.64 Å². The Hall–Kier alpha value is -2.89. The lowest BCUT2D eigenvalue weighted by molar-refractivity contribution is -0.274. The van der Waals surface area contributed by atoms with E-state index in [1.165, 1.54) is 4.31 Å². The van der Waals surface area contributed by atoms with E-state index in [4.69, 9.17) is 11.6 Å². The van der Waals surface area contributed by atoms with Crippen molar-refractivity contribution in [3.63, 3.8) is 0 Å². The maximum atomic E-state index is 12.9. The summed E-state index contributed by atoms with van der Waals surface area (Å²) in [5, 5.41) is 9.13. The van der Waals surface area contributed by atoms with E-state index in [9.17, 15) is 21.6 Å². The molecule has 0 bridgehead atoms. The van der Waals surface area contributed by atoms with Crippen molar-refractivity contribution in [2.45, 2.75) is 11.3 Å². The Morgan fingerprint density at radius 2 is 1.48 bits per heavy atom. The number of benzene rings is 2. The molecule has 0 amide bonds. The molecule has 1 aliphatic heterocycles. The molecule has 0 aliphatic carbocycles. The van der Waals surface area contributed by atoms with E-state index in [1.807, 2.05) is 29.2 Å². The van der Waals surface area contributed by atoms with Crippen LogP contribution >= 0.6 is 11.6 Å². The van der Waals surface area contributed by atoms with Crippen molar-refractivity contribution in [2.24, 2.45) is 0 Å². The number of rotatable bonds is 5. The number of alkyl halides is 3. The number of hydrogen-bond acceptors (Lipinski definition) is 6. The van der Waals surface area contributed by atoms with Gasteiger partial charge in [-0.2, -0.15) is 4.31 Å². The monoisotopic (exact) mass is 498 g/mol. The summed E-state index contributed by atoms with van der Waals surface area (Å²) in [6.07, 6.45) is -4.84. The van der Waals surface area contributed by atoms with E-state index in [2.05, 4.69) is 14.9 Å². The fourth-order valence-corrected chi connectivity index (χ4v) is 4.94. The second kappa shape index (κ2) is 9.16. The highest BCUT2D eigenvalue weighted by molar-refractivity contribution is 7.89. The fourth-order valence-electron chi connectivity index (χ4n) is 3.39. The van der Waals surface area contributed by atoms with Crippen LogP contribution in [0.2, 0.25) is 5.02 Å². The Labute approximate surface area is 193 Å². The molecule has 33 heavy (non-hydrogen) atoms. The Kier molecular flexibility index (Phi) is 6.46. The molecule has 1 aliphatic rings. The van der Waals surface area contributed by atoms with Gasteiger partial charge >= 0.3 is 6.36 Å². The van der Waals surface area contributed by atoms with Crippen molar-refractivity contribution in [1.29, 1.82) is 0 Å². The van der Waals surface area contributed by atoms with Gasteiger partial charge in [0.15, 0.2) is 5.82 Å². The van der Waals surface area contributed by atoms with Crippen molar-refractivity contribution < 1.29 is 26.3 Å². The number of nitrogens with zero attached hydrogens (tertiary/aromatic N) is 4. The second-order valence-corrected chi connectivity index (χ2v) is 9.57. The Balaban J connectivity index is 1.39. The zero-order valence-corrected chi connectivity index (χ0v) is 18.6. The van der Waals surface area contributed by atoms with Crippen LogP contribution in [0.5, 0.6) is 5.75 Å². The van der Waals surface area contributed by atoms with Crippen LogP contribution in [0.4, 0.5) is 19.0 Å². The number of aromatic nitrogens is 2. The average molecular weight is 499 g/mol. The highest BCUT2D eigenvalue weighted by Crippen LogP contribution is 2.26. The molecule has 0 radical (unpaired) electrons. The van der Waals surface area contributed by atoms with Crippen LogP contribution in [-0.4, -0.2) is 55.5 Å². The molecular formula is C21H18ClF3N4O3S. The number of anilines is 1. The molecule has 12 heteroatoms. The van der Waals surface area contributed by atoms with Gasteiger partial charge in [-0.3, -0.25) is 0 Å². The van der Waals surface area contributed by atoms with Crippen molar-refractivity contribution in [1.82, 2.24) is 14.5 Å². The highest BCUT2D eigenvalue weighted by atomic mass is 35.5. The molecule has 4 rings (SSSR count). The molecule has 2 aromatic carbocycles. The maximum absolute atomic E-state index is 12.9. The van der Waals surface area contributed by atoms with Gasteiger partial charge in [0.1, 0.15) is 5.75 Å². The predicted molar refractivity (Wildman–Crippen MR) is 117 cm³/mol. The predicted octanol–water partition coefficient (Wildman–Crippen LogP) is 4.21. The molecule has 1 fully saturated rings. The first-order valence-electron chi connectivity index (χ1n) is 9.82. The van der Waals surface area contributed by atoms with Gasteiger partial charge < -0.3 is 9.64 Å². The van der Waals surface area contributed by atoms with E-state index in [-0.39, 0.29) is 18.0 Å². The number of sulfonamides is 1. The lowest BCUT2D eigenvalue weighted by Crippen LogP contribution is -2.49. The molecule has 0 N–H and O–H groups in total. The molecule has 0 spiro atoms. The van der Waals surface area contributed by atoms with Crippen LogP contribution in [-0.2, 0) is 10.0 Å². The van der Waals surface area contributed by atoms with Crippen LogP contribution in [0.25, 0.3) is 11.3 Å². The minimum atomic E-state index is -4.84. The summed E-state index contributed by atoms with van der Waals surface area (Å²) < 4.78 is 67.7. The van der Waals surface area contributed by atoms with Crippen LogP contribution in [0.15, 0.2) is 65.6 Å². The van der Waals surface area contributed by atoms with Crippen molar-refractivity contribution in [3.8, 4) is 17.0 Å². The van der Waals surface area contributed by atoms with Crippen molar-refractivity contribution in [3.05, 3.63) is 65.7 Å². The molecule has 1 saturated heterocycles. The van der Waals surface area contributed by atoms with Gasteiger partial charge in [0.05, 0.1) is 10.6 Å². The van der Waals surface area contributed by atoms with Crippen molar-refractivity contribution >= 4 is 27.4 Å². The standard InChI is InChI=1S/C21H18ClF3N4O3S/c22-16-3-1-15(2-4-16)19-9-10-20(27-26-19)28-11-13-29(14-12-28)33(30,31)18-7-5-17(6-8-18)32-21(23,24)25/h1-10H,11-14H2. The molecule has 2 heterocycles. The third-order valence-corrected chi connectivity index (χ3v) is 7.21. The maximum Gasteiger partial charge on any atom is 0.573 e. The first-order chi connectivity index (χ1) is 15.6. The van der Waals surface area contributed by atoms with Gasteiger partial charge in [-0.15, -0.1) is 23.4 Å². The smallest absolute Gasteiger partial charge is 0.406 e. The summed E-state index contributed by atoms with van der Waals surface area (Å²) >= 11 is 5.90. The molecule has 0 saturated carbocycles. The van der Waals surface area contributed by atoms with Gasteiger partial charge in [-0.25, -0.2) is 8.42 Å². The number of halogens is 4. The topological polar surface area (TPSA) is 75.6 Å². The minimum Gasteiger partial charge on any atom is -0.406 e. The Morgan fingerprint density at radius 1 is 0.848 bits per heavy atom. The van der Waals surface area contributed by atoms with Gasteiger partial charge in [0, 0.05) is 36.8 Å². The quantitative estimate of drug-likeness (QED) is 0.524. The zero-order valence-electron chi connectivity index (χ0n) is 17.0. The normalized spacial score (nSPS) is 15.5. The van der Waals surface area contributed by atoms with E-state index >= 15 is 0 Å². The fraction of sp³-hybridized carbons (Fsp3) is 0.238. The van der Waals surface area contributed by atoms with Crippen LogP contribution in [0.3, 0.4) is 0 Å². The first kappa shape index (κ1) is 23.3. The van der Waals surface area contributed by atoms with E-state index in [0.29, 0.717) is 29.6 Å². The van der Waals surface area contributed by atoms with E-state index < -0.39 is 22.1 Å². The molecule has 1 aromatic heterocycles. The van der Waals surface area contributed by atoms with Gasteiger partial charge in [0.2, 0.25) is 10.0 Å². The summed E-state index contributed by atoms with van der Waals surface area (Å²) in [5.41, 5.74) is 1.57. The lowest BCUT2D eigenvalue weighted by atomic mass is 10.1. The molecule has 3 aromatic rings. The number of hydrogen-bond donors (Lipinski definition) is 0. The lowest BCUT2D eigenvalue weighted by Gasteiger charge is -2.34. The minimum absolute atomic E-state index is 0.0995. The van der Waals surface area contributed by atoms with Crippen LogP contribution in [0, 0.1) is 0 Å². The first-order valence-corrected chi connectivity index (χ1v) is 11.6. The molecule has 0 atom stereocenters. The summed E-state index contributed by atoms with van der Waals surface area (Å²) in [5.74, 6) is 0.144. The van der Waals surface area contributed by atoms with Gasteiger partial charge in [0.25, 0.3) is 0 Å². The second-order valence-electron chi connectivity index (χ2n) is 7.19. The average Bonchev–Trinajstić information content (AvgIpc) is 2.79. The summed E-state index contributed by atoms with van der Waals surface area (Å²) in [6.45, 7) is 1.18. The third kappa shape index (κ3) is 5.55. The van der Waals surface area contributed by atoms with E-state index in [0.717, 1.165) is 29.8 Å². The van der Waals surface area contributed by atoms with Gasteiger partial charge in [-0.1, -0.05) is 23.7 Å².